The largest absolute Gasteiger partial charge is 0.376 e. The molecule has 0 bridgehead atoms. The van der Waals surface area contributed by atoms with Gasteiger partial charge in [0.2, 0.25) is 6.10 Å². The smallest absolute Gasteiger partial charge is 0.322 e. The molecule has 3 rings (SSSR count). The summed E-state index contributed by atoms with van der Waals surface area (Å²) in [6.45, 7) is 1.06. The van der Waals surface area contributed by atoms with Crippen LogP contribution in [0.15, 0.2) is 29.8 Å². The first-order chi connectivity index (χ1) is 10.9. The lowest BCUT2D eigenvalue weighted by molar-refractivity contribution is -0.445. The van der Waals surface area contributed by atoms with Gasteiger partial charge in [-0.25, -0.2) is 4.98 Å². The number of fused-ring (bicyclic) bond motifs is 1. The van der Waals surface area contributed by atoms with Crippen LogP contribution >= 0.6 is 11.6 Å². The number of nitrogens with zero attached hydrogens (tertiary/aromatic N) is 4. The fourth-order valence-electron chi connectivity index (χ4n) is 2.94. The van der Waals surface area contributed by atoms with Gasteiger partial charge in [-0.3, -0.25) is 15.0 Å². The van der Waals surface area contributed by atoms with E-state index < -0.39 is 22.6 Å². The second kappa shape index (κ2) is 5.60. The van der Waals surface area contributed by atoms with Crippen molar-refractivity contribution in [3.63, 3.8) is 0 Å². The van der Waals surface area contributed by atoms with Gasteiger partial charge in [-0.15, -0.1) is 0 Å². The third-order valence-corrected chi connectivity index (χ3v) is 4.26. The van der Waals surface area contributed by atoms with Crippen molar-refractivity contribution in [3.8, 4) is 0 Å². The first-order valence-electron chi connectivity index (χ1n) is 6.85. The van der Waals surface area contributed by atoms with E-state index in [1.54, 1.807) is 23.2 Å². The molecular formula is C13H15ClN4O5. The number of pyridine rings is 1. The van der Waals surface area contributed by atoms with Crippen LogP contribution in [0.1, 0.15) is 5.56 Å². The minimum absolute atomic E-state index is 0.154. The van der Waals surface area contributed by atoms with Gasteiger partial charge in [0.1, 0.15) is 5.15 Å². The molecule has 2 atom stereocenters. The molecule has 10 heteroatoms. The molecule has 23 heavy (non-hydrogen) atoms. The highest BCUT2D eigenvalue weighted by Crippen LogP contribution is 2.41. The van der Waals surface area contributed by atoms with E-state index in [1.807, 2.05) is 0 Å². The number of rotatable bonds is 4. The van der Waals surface area contributed by atoms with Crippen LogP contribution in [-0.4, -0.2) is 62.1 Å². The Labute approximate surface area is 136 Å². The molecule has 2 aliphatic heterocycles. The molecule has 0 amide bonds. The lowest BCUT2D eigenvalue weighted by Gasteiger charge is -2.32. The Morgan fingerprint density at radius 2 is 2.30 bits per heavy atom. The summed E-state index contributed by atoms with van der Waals surface area (Å²) < 4.78 is 4.95. The molecule has 2 unspecified atom stereocenters. The van der Waals surface area contributed by atoms with E-state index in [-0.39, 0.29) is 12.4 Å². The zero-order chi connectivity index (χ0) is 16.8. The molecule has 0 saturated carbocycles. The maximum atomic E-state index is 11.3. The predicted octanol–water partition coefficient (Wildman–Crippen LogP) is -0.0346. The third kappa shape index (κ3) is 2.41. The number of hydrogen-bond acceptors (Lipinski definition) is 8. The van der Waals surface area contributed by atoms with E-state index >= 15 is 0 Å². The maximum absolute atomic E-state index is 11.3. The second-order valence-electron chi connectivity index (χ2n) is 5.29. The van der Waals surface area contributed by atoms with Crippen molar-refractivity contribution in [1.82, 2.24) is 14.8 Å². The average Bonchev–Trinajstić information content (AvgIpc) is 3.01. The summed E-state index contributed by atoms with van der Waals surface area (Å²) in [5.74, 6) is -1.98. The molecule has 1 aromatic heterocycles. The van der Waals surface area contributed by atoms with Gasteiger partial charge < -0.3 is 19.8 Å². The zero-order valence-corrected chi connectivity index (χ0v) is 13.0. The number of aliphatic hydroxyl groups is 2. The summed E-state index contributed by atoms with van der Waals surface area (Å²) in [6, 6.07) is 3.39. The Morgan fingerprint density at radius 1 is 1.57 bits per heavy atom. The predicted molar refractivity (Wildman–Crippen MR) is 78.3 cm³/mol. The first kappa shape index (κ1) is 15.9. The van der Waals surface area contributed by atoms with Gasteiger partial charge >= 0.3 is 5.70 Å². The fraction of sp³-hybridized carbons (Fsp3) is 0.462. The summed E-state index contributed by atoms with van der Waals surface area (Å²) in [4.78, 5) is 17.6. The molecule has 124 valence electrons. The molecule has 0 radical (unpaired) electrons. The van der Waals surface area contributed by atoms with E-state index in [4.69, 9.17) is 16.3 Å². The molecule has 1 saturated heterocycles. The Balaban J connectivity index is 1.95. The van der Waals surface area contributed by atoms with Crippen LogP contribution in [0.3, 0.4) is 0 Å². The molecule has 3 heterocycles. The van der Waals surface area contributed by atoms with E-state index in [2.05, 4.69) is 4.98 Å². The van der Waals surface area contributed by atoms with Crippen LogP contribution in [0.25, 0.3) is 0 Å². The van der Waals surface area contributed by atoms with E-state index in [9.17, 15) is 20.3 Å². The average molecular weight is 343 g/mol. The highest BCUT2D eigenvalue weighted by atomic mass is 35.5. The van der Waals surface area contributed by atoms with Gasteiger partial charge in [-0.1, -0.05) is 17.7 Å². The maximum Gasteiger partial charge on any atom is 0.322 e. The minimum atomic E-state index is -2.13. The third-order valence-electron chi connectivity index (χ3n) is 4.04. The van der Waals surface area contributed by atoms with Crippen molar-refractivity contribution in [2.75, 3.05) is 20.2 Å². The number of methoxy groups -OCH3 is 1. The van der Waals surface area contributed by atoms with Gasteiger partial charge in [0.15, 0.2) is 5.82 Å². The number of hydrogen-bond donors (Lipinski definition) is 2. The number of ether oxygens (including phenoxy) is 1. The molecule has 1 fully saturated rings. The van der Waals surface area contributed by atoms with Crippen LogP contribution < -0.4 is 0 Å². The normalized spacial score (nSPS) is 26.9. The minimum Gasteiger partial charge on any atom is -0.376 e. The number of aromatic nitrogens is 1. The molecular weight excluding hydrogens is 328 g/mol. The van der Waals surface area contributed by atoms with E-state index in [0.717, 1.165) is 5.56 Å². The van der Waals surface area contributed by atoms with Gasteiger partial charge in [0.05, 0.1) is 4.92 Å². The molecule has 1 aromatic rings. The van der Waals surface area contributed by atoms with Crippen LogP contribution in [0.4, 0.5) is 0 Å². The Bertz CT molecular complexity index is 667. The van der Waals surface area contributed by atoms with Crippen molar-refractivity contribution >= 4 is 11.6 Å². The van der Waals surface area contributed by atoms with E-state index in [1.165, 1.54) is 12.0 Å². The molecule has 0 aromatic carbocycles. The molecule has 9 nitrogen and oxygen atoms in total. The Kier molecular flexibility index (Phi) is 3.88. The fourth-order valence-corrected chi connectivity index (χ4v) is 3.05. The van der Waals surface area contributed by atoms with Crippen LogP contribution in [0.5, 0.6) is 0 Å². The van der Waals surface area contributed by atoms with Crippen LogP contribution in [0, 0.1) is 10.1 Å². The topological polar surface area (TPSA) is 112 Å². The van der Waals surface area contributed by atoms with Crippen molar-refractivity contribution in [2.24, 2.45) is 0 Å². The summed E-state index contributed by atoms with van der Waals surface area (Å²) >= 11 is 5.74. The number of nitro groups is 1. The Hall–Kier alpha value is -1.94. The molecule has 0 aliphatic carbocycles. The first-order valence-corrected chi connectivity index (χ1v) is 7.23. The second-order valence-corrected chi connectivity index (χ2v) is 5.68. The number of aliphatic hydroxyl groups excluding tert-OH is 1. The van der Waals surface area contributed by atoms with E-state index in [0.29, 0.717) is 18.2 Å². The summed E-state index contributed by atoms with van der Waals surface area (Å²) in [6.07, 6.45) is -0.186. The van der Waals surface area contributed by atoms with Gasteiger partial charge in [-0.05, 0) is 11.6 Å². The van der Waals surface area contributed by atoms with Gasteiger partial charge in [0.25, 0.3) is 5.91 Å². The summed E-state index contributed by atoms with van der Waals surface area (Å²) in [5.41, 5.74) is 0.322. The lowest BCUT2D eigenvalue weighted by atomic mass is 10.2. The van der Waals surface area contributed by atoms with Gasteiger partial charge in [0, 0.05) is 32.9 Å². The standard InChI is InChI=1S/C13H15ClN4O5/c1-23-13(20)11(19)10(18(21)22)12-16(4-5-17(12)13)7-8-2-3-9(14)15-6-8/h2-3,6,11,19-20H,4-5,7H2,1H3. The molecule has 2 N–H and O–H groups in total. The summed E-state index contributed by atoms with van der Waals surface area (Å²) in [7, 11) is 1.19. The Morgan fingerprint density at radius 3 is 2.87 bits per heavy atom. The van der Waals surface area contributed by atoms with Crippen molar-refractivity contribution in [1.29, 1.82) is 0 Å². The van der Waals surface area contributed by atoms with Gasteiger partial charge in [-0.2, -0.15) is 0 Å². The van der Waals surface area contributed by atoms with Crippen molar-refractivity contribution < 1.29 is 19.9 Å². The quantitative estimate of drug-likeness (QED) is 0.339. The van der Waals surface area contributed by atoms with Crippen molar-refractivity contribution in [2.45, 2.75) is 18.6 Å². The summed E-state index contributed by atoms with van der Waals surface area (Å²) in [5, 5.41) is 32.3. The highest BCUT2D eigenvalue weighted by molar-refractivity contribution is 6.29. The molecule has 2 aliphatic rings. The van der Waals surface area contributed by atoms with Crippen LogP contribution in [0.2, 0.25) is 5.15 Å². The number of halogens is 1. The SMILES string of the molecule is COC1(O)C(O)C([N+](=O)[O-])=C2N(Cc3ccc(Cl)nc3)CCN21. The van der Waals surface area contributed by atoms with Crippen LogP contribution in [-0.2, 0) is 11.3 Å². The zero-order valence-electron chi connectivity index (χ0n) is 12.2. The molecule has 0 spiro atoms. The highest BCUT2D eigenvalue weighted by Gasteiger charge is 2.61. The lowest BCUT2D eigenvalue weighted by Crippen LogP contribution is -2.53. The van der Waals surface area contributed by atoms with Crippen molar-refractivity contribution in [3.05, 3.63) is 50.7 Å². The monoisotopic (exact) mass is 342 g/mol.